The SMILES string of the molecule is O=C(Cc1c[nH]c2ccccc12)OC1C(O)C(O)C(O)C(OC2OC(CO)C(O)C(O)C2O)C1O. The number of H-pyrrole nitrogens is 1. The van der Waals surface area contributed by atoms with Gasteiger partial charge in [-0.2, -0.15) is 0 Å². The number of aliphatic hydroxyl groups is 8. The predicted octanol–water partition coefficient (Wildman–Crippen LogP) is -3.74. The fourth-order valence-corrected chi connectivity index (χ4v) is 4.44. The second-order valence-electron chi connectivity index (χ2n) is 8.75. The molecular formula is C22H29NO12. The van der Waals surface area contributed by atoms with Crippen LogP contribution in [0.5, 0.6) is 0 Å². The van der Waals surface area contributed by atoms with Crippen LogP contribution in [-0.4, -0.2) is 126 Å². The normalized spacial score (nSPS) is 40.1. The molecule has 1 aromatic heterocycles. The van der Waals surface area contributed by atoms with Crippen LogP contribution in [0, 0.1) is 0 Å². The Hall–Kier alpha value is -2.17. The summed E-state index contributed by atoms with van der Waals surface area (Å²) >= 11 is 0. The molecule has 11 atom stereocenters. The van der Waals surface area contributed by atoms with Gasteiger partial charge in [-0.05, 0) is 11.6 Å². The van der Waals surface area contributed by atoms with Crippen LogP contribution >= 0.6 is 0 Å². The Morgan fingerprint density at radius 3 is 2.23 bits per heavy atom. The number of rotatable bonds is 6. The number of para-hydroxylation sites is 1. The first kappa shape index (κ1) is 25.9. The van der Waals surface area contributed by atoms with E-state index in [-0.39, 0.29) is 6.42 Å². The lowest BCUT2D eigenvalue weighted by Gasteiger charge is -2.46. The van der Waals surface area contributed by atoms with E-state index in [2.05, 4.69) is 4.98 Å². The maximum absolute atomic E-state index is 12.6. The fraction of sp³-hybridized carbons (Fsp3) is 0.591. The Morgan fingerprint density at radius 2 is 1.51 bits per heavy atom. The highest BCUT2D eigenvalue weighted by Gasteiger charge is 2.54. The average Bonchev–Trinajstić information content (AvgIpc) is 3.25. The molecule has 2 heterocycles. The summed E-state index contributed by atoms with van der Waals surface area (Å²) < 4.78 is 15.8. The van der Waals surface area contributed by atoms with Gasteiger partial charge in [0, 0.05) is 17.1 Å². The van der Waals surface area contributed by atoms with Crippen molar-refractivity contribution in [1.29, 1.82) is 0 Å². The van der Waals surface area contributed by atoms with Gasteiger partial charge < -0.3 is 60.0 Å². The van der Waals surface area contributed by atoms with Crippen LogP contribution in [0.3, 0.4) is 0 Å². The summed E-state index contributed by atoms with van der Waals surface area (Å²) in [5, 5.41) is 81.9. The van der Waals surface area contributed by atoms with E-state index in [9.17, 15) is 45.6 Å². The largest absolute Gasteiger partial charge is 0.456 e. The summed E-state index contributed by atoms with van der Waals surface area (Å²) in [4.78, 5) is 15.6. The number of carbonyl (C=O) groups excluding carboxylic acids is 1. The van der Waals surface area contributed by atoms with E-state index in [0.29, 0.717) is 5.56 Å². The Kier molecular flexibility index (Phi) is 7.73. The van der Waals surface area contributed by atoms with E-state index >= 15 is 0 Å². The van der Waals surface area contributed by atoms with Crippen LogP contribution in [0.2, 0.25) is 0 Å². The van der Waals surface area contributed by atoms with Gasteiger partial charge in [-0.15, -0.1) is 0 Å². The number of hydrogen-bond donors (Lipinski definition) is 9. The number of nitrogens with one attached hydrogen (secondary N) is 1. The molecule has 2 aromatic rings. The summed E-state index contributed by atoms with van der Waals surface area (Å²) in [6, 6.07) is 7.22. The molecule has 2 fully saturated rings. The molecule has 4 rings (SSSR count). The van der Waals surface area contributed by atoms with E-state index in [1.54, 1.807) is 18.3 Å². The molecule has 0 radical (unpaired) electrons. The molecule has 1 saturated heterocycles. The minimum absolute atomic E-state index is 0.225. The number of aliphatic hydroxyl groups excluding tert-OH is 8. The summed E-state index contributed by atoms with van der Waals surface area (Å²) in [5.74, 6) is -0.840. The third-order valence-corrected chi connectivity index (χ3v) is 6.46. The van der Waals surface area contributed by atoms with Crippen LogP contribution in [0.15, 0.2) is 30.5 Å². The molecule has 1 aromatic carbocycles. The minimum atomic E-state index is -1.92. The van der Waals surface area contributed by atoms with Gasteiger partial charge in [0.15, 0.2) is 12.4 Å². The van der Waals surface area contributed by atoms with Crippen molar-refractivity contribution in [2.45, 2.75) is 73.8 Å². The third-order valence-electron chi connectivity index (χ3n) is 6.46. The van der Waals surface area contributed by atoms with E-state index in [1.807, 2.05) is 12.1 Å². The summed E-state index contributed by atoms with van der Waals surface area (Å²) in [6.07, 6.45) is -18.0. The van der Waals surface area contributed by atoms with Gasteiger partial charge in [-0.25, -0.2) is 0 Å². The first-order valence-corrected chi connectivity index (χ1v) is 11.1. The van der Waals surface area contributed by atoms with Crippen molar-refractivity contribution >= 4 is 16.9 Å². The molecule has 13 nitrogen and oxygen atoms in total. The molecule has 2 aliphatic rings. The second-order valence-corrected chi connectivity index (χ2v) is 8.75. The third kappa shape index (κ3) is 4.93. The van der Waals surface area contributed by atoms with Gasteiger partial charge in [0.25, 0.3) is 0 Å². The molecule has 0 bridgehead atoms. The maximum Gasteiger partial charge on any atom is 0.310 e. The van der Waals surface area contributed by atoms with Crippen LogP contribution in [-0.2, 0) is 25.4 Å². The van der Waals surface area contributed by atoms with Crippen molar-refractivity contribution in [3.63, 3.8) is 0 Å². The van der Waals surface area contributed by atoms with Crippen molar-refractivity contribution in [2.75, 3.05) is 6.61 Å². The quantitative estimate of drug-likeness (QED) is 0.175. The van der Waals surface area contributed by atoms with Crippen LogP contribution in [0.25, 0.3) is 10.9 Å². The molecule has 194 valence electrons. The summed E-state index contributed by atoms with van der Waals surface area (Å²) in [6.45, 7) is -0.740. The van der Waals surface area contributed by atoms with Crippen molar-refractivity contribution in [2.24, 2.45) is 0 Å². The fourth-order valence-electron chi connectivity index (χ4n) is 4.44. The zero-order chi connectivity index (χ0) is 25.4. The van der Waals surface area contributed by atoms with Gasteiger partial charge in [0.05, 0.1) is 13.0 Å². The number of carbonyl (C=O) groups is 1. The Balaban J connectivity index is 1.48. The zero-order valence-electron chi connectivity index (χ0n) is 18.4. The Labute approximate surface area is 198 Å². The van der Waals surface area contributed by atoms with Gasteiger partial charge >= 0.3 is 5.97 Å². The number of esters is 1. The molecule has 1 aliphatic heterocycles. The number of ether oxygens (including phenoxy) is 3. The van der Waals surface area contributed by atoms with E-state index in [1.165, 1.54) is 0 Å². The number of hydrogen-bond acceptors (Lipinski definition) is 12. The standard InChI is InChI=1S/C22H29NO12/c24-7-11-13(26)14(27)18(31)22(33-11)35-21-17(30)15(28)16(29)20(19(21)32)34-12(25)5-8-6-23-10-4-2-1-3-9(8)10/h1-4,6,11,13-24,26-32H,5,7H2. The highest BCUT2D eigenvalue weighted by molar-refractivity contribution is 5.87. The van der Waals surface area contributed by atoms with E-state index in [4.69, 9.17) is 14.2 Å². The molecule has 35 heavy (non-hydrogen) atoms. The maximum atomic E-state index is 12.6. The van der Waals surface area contributed by atoms with Gasteiger partial charge in [0.2, 0.25) is 0 Å². The first-order valence-electron chi connectivity index (χ1n) is 11.1. The van der Waals surface area contributed by atoms with Crippen molar-refractivity contribution < 1.29 is 59.9 Å². The monoisotopic (exact) mass is 499 g/mol. The summed E-state index contributed by atoms with van der Waals surface area (Å²) in [5.41, 5.74) is 1.39. The predicted molar refractivity (Wildman–Crippen MR) is 115 cm³/mol. The lowest BCUT2D eigenvalue weighted by molar-refractivity contribution is -0.339. The molecule has 0 spiro atoms. The van der Waals surface area contributed by atoms with Crippen LogP contribution in [0.1, 0.15) is 5.56 Å². The number of benzene rings is 1. The first-order chi connectivity index (χ1) is 16.6. The highest BCUT2D eigenvalue weighted by Crippen LogP contribution is 2.31. The topological polar surface area (TPSA) is 222 Å². The van der Waals surface area contributed by atoms with Crippen LogP contribution in [0.4, 0.5) is 0 Å². The Morgan fingerprint density at radius 1 is 0.857 bits per heavy atom. The molecule has 1 aliphatic carbocycles. The highest BCUT2D eigenvalue weighted by atomic mass is 16.7. The zero-order valence-corrected chi connectivity index (χ0v) is 18.4. The second kappa shape index (κ2) is 10.4. The van der Waals surface area contributed by atoms with E-state index < -0.39 is 79.9 Å². The molecule has 0 amide bonds. The molecular weight excluding hydrogens is 470 g/mol. The van der Waals surface area contributed by atoms with Gasteiger partial charge in [-0.1, -0.05) is 18.2 Å². The Bertz CT molecular complexity index is 1010. The van der Waals surface area contributed by atoms with Gasteiger partial charge in [0.1, 0.15) is 54.9 Å². The minimum Gasteiger partial charge on any atom is -0.456 e. The van der Waals surface area contributed by atoms with Gasteiger partial charge in [-0.3, -0.25) is 4.79 Å². The van der Waals surface area contributed by atoms with Crippen molar-refractivity contribution in [3.8, 4) is 0 Å². The molecule has 1 saturated carbocycles. The number of aromatic nitrogens is 1. The number of aromatic amines is 1. The van der Waals surface area contributed by atoms with Crippen molar-refractivity contribution in [1.82, 2.24) is 4.98 Å². The summed E-state index contributed by atoms with van der Waals surface area (Å²) in [7, 11) is 0. The van der Waals surface area contributed by atoms with Crippen molar-refractivity contribution in [3.05, 3.63) is 36.0 Å². The molecule has 11 unspecified atom stereocenters. The average molecular weight is 499 g/mol. The van der Waals surface area contributed by atoms with E-state index in [0.717, 1.165) is 10.9 Å². The molecule has 9 N–H and O–H groups in total. The molecule has 13 heteroatoms. The number of fused-ring (bicyclic) bond motifs is 1. The lowest BCUT2D eigenvalue weighted by Crippen LogP contribution is -2.67. The van der Waals surface area contributed by atoms with Crippen LogP contribution < -0.4 is 0 Å². The lowest BCUT2D eigenvalue weighted by atomic mass is 9.84. The smallest absolute Gasteiger partial charge is 0.310 e.